The molecule has 186 valence electrons. The Hall–Kier alpha value is -3.35. The van der Waals surface area contributed by atoms with Crippen LogP contribution in [0.25, 0.3) is 11.1 Å². The van der Waals surface area contributed by atoms with E-state index in [1.54, 1.807) is 4.90 Å². The molecule has 1 fully saturated rings. The molecule has 2 N–H and O–H groups in total. The molecule has 2 aromatic rings. The molecule has 2 amide bonds. The average Bonchev–Trinajstić information content (AvgIpc) is 3.40. The van der Waals surface area contributed by atoms with Crippen molar-refractivity contribution in [2.24, 2.45) is 11.8 Å². The third kappa shape index (κ3) is 5.84. The number of fused-ring (bicyclic) bond motifs is 3. The number of ether oxygens (including phenoxy) is 1. The second-order valence-electron chi connectivity index (χ2n) is 9.64. The number of benzene rings is 2. The largest absolute Gasteiger partial charge is 0.481 e. The van der Waals surface area contributed by atoms with Crippen LogP contribution >= 0.6 is 0 Å². The van der Waals surface area contributed by atoms with E-state index in [2.05, 4.69) is 29.6 Å². The predicted octanol–water partition coefficient (Wildman–Crippen LogP) is 4.65. The van der Waals surface area contributed by atoms with Crippen LogP contribution in [0.4, 0.5) is 4.79 Å². The van der Waals surface area contributed by atoms with Crippen LogP contribution in [-0.4, -0.2) is 54.2 Å². The molecule has 1 saturated heterocycles. The summed E-state index contributed by atoms with van der Waals surface area (Å²) in [6.07, 6.45) is 3.43. The number of likely N-dealkylation sites (tertiary alicyclic amines) is 1. The van der Waals surface area contributed by atoms with E-state index >= 15 is 0 Å². The molecule has 2 aliphatic rings. The van der Waals surface area contributed by atoms with Crippen molar-refractivity contribution in [2.75, 3.05) is 26.2 Å². The molecule has 35 heavy (non-hydrogen) atoms. The summed E-state index contributed by atoms with van der Waals surface area (Å²) >= 11 is 0. The van der Waals surface area contributed by atoms with Crippen LogP contribution in [0.1, 0.15) is 56.1 Å². The van der Waals surface area contributed by atoms with Crippen molar-refractivity contribution in [2.45, 2.75) is 44.9 Å². The maximum absolute atomic E-state index is 12.3. The number of hydrogen-bond acceptors (Lipinski definition) is 4. The molecule has 1 aliphatic carbocycles. The molecule has 4 rings (SSSR count). The molecular formula is C28H34N2O5. The lowest BCUT2D eigenvalue weighted by molar-refractivity contribution is -0.142. The number of nitrogens with zero attached hydrogens (tertiary/aromatic N) is 1. The van der Waals surface area contributed by atoms with Gasteiger partial charge in [0.2, 0.25) is 5.91 Å². The highest BCUT2D eigenvalue weighted by Crippen LogP contribution is 2.44. The Bertz CT molecular complexity index is 1020. The Labute approximate surface area is 206 Å². The third-order valence-corrected chi connectivity index (χ3v) is 7.21. The van der Waals surface area contributed by atoms with Gasteiger partial charge < -0.3 is 20.1 Å². The molecule has 0 radical (unpaired) electrons. The second kappa shape index (κ2) is 11.4. The van der Waals surface area contributed by atoms with Crippen LogP contribution in [0.5, 0.6) is 0 Å². The maximum atomic E-state index is 12.3. The predicted molar refractivity (Wildman–Crippen MR) is 133 cm³/mol. The van der Waals surface area contributed by atoms with Gasteiger partial charge in [-0.2, -0.15) is 0 Å². The molecule has 7 heteroatoms. The van der Waals surface area contributed by atoms with Crippen LogP contribution in [0.3, 0.4) is 0 Å². The fourth-order valence-corrected chi connectivity index (χ4v) is 5.24. The standard InChI is InChI=1S/C28H34N2O5/c1-19-16-30(17-24(19)27(32)33)26(31)14-4-2-3-9-15-29-28(34)35-18-25-22-12-7-5-10-20(22)21-11-6-8-13-23(21)25/h5-8,10-13,19,24-25H,2-4,9,14-18H2,1H3,(H,29,34)(H,32,33). The topological polar surface area (TPSA) is 95.9 Å². The van der Waals surface area contributed by atoms with Crippen LogP contribution in [0.2, 0.25) is 0 Å². The molecule has 0 saturated carbocycles. The summed E-state index contributed by atoms with van der Waals surface area (Å²) < 4.78 is 5.55. The summed E-state index contributed by atoms with van der Waals surface area (Å²) in [5, 5.41) is 12.0. The number of carboxylic acid groups (broad SMARTS) is 1. The van der Waals surface area contributed by atoms with Crippen molar-refractivity contribution in [1.82, 2.24) is 10.2 Å². The number of amides is 2. The van der Waals surface area contributed by atoms with Gasteiger partial charge in [0, 0.05) is 32.0 Å². The van der Waals surface area contributed by atoms with Gasteiger partial charge in [-0.3, -0.25) is 9.59 Å². The van der Waals surface area contributed by atoms with E-state index < -0.39 is 18.0 Å². The van der Waals surface area contributed by atoms with E-state index in [1.807, 2.05) is 31.2 Å². The van der Waals surface area contributed by atoms with Crippen molar-refractivity contribution in [3.8, 4) is 11.1 Å². The Morgan fingerprint density at radius 1 is 0.943 bits per heavy atom. The van der Waals surface area contributed by atoms with Gasteiger partial charge in [-0.1, -0.05) is 68.3 Å². The monoisotopic (exact) mass is 478 g/mol. The first-order valence-electron chi connectivity index (χ1n) is 12.5. The molecule has 0 bridgehead atoms. The second-order valence-corrected chi connectivity index (χ2v) is 9.64. The van der Waals surface area contributed by atoms with Crippen molar-refractivity contribution >= 4 is 18.0 Å². The number of carbonyl (C=O) groups excluding carboxylic acids is 2. The zero-order valence-corrected chi connectivity index (χ0v) is 20.2. The van der Waals surface area contributed by atoms with Crippen LogP contribution < -0.4 is 5.32 Å². The Balaban J connectivity index is 1.10. The van der Waals surface area contributed by atoms with Gasteiger partial charge in [0.25, 0.3) is 0 Å². The number of carboxylic acids is 1. The van der Waals surface area contributed by atoms with Gasteiger partial charge in [0.1, 0.15) is 6.61 Å². The first kappa shape index (κ1) is 24.8. The number of nitrogens with one attached hydrogen (secondary N) is 1. The molecule has 0 spiro atoms. The summed E-state index contributed by atoms with van der Waals surface area (Å²) in [5.74, 6) is -1.19. The smallest absolute Gasteiger partial charge is 0.407 e. The minimum Gasteiger partial charge on any atom is -0.481 e. The Morgan fingerprint density at radius 3 is 2.20 bits per heavy atom. The highest BCUT2D eigenvalue weighted by Gasteiger charge is 2.36. The molecule has 2 unspecified atom stereocenters. The van der Waals surface area contributed by atoms with Gasteiger partial charge in [0.05, 0.1) is 5.92 Å². The van der Waals surface area contributed by atoms with Crippen molar-refractivity contribution in [1.29, 1.82) is 0 Å². The minimum atomic E-state index is -0.822. The van der Waals surface area contributed by atoms with Crippen molar-refractivity contribution in [3.63, 3.8) is 0 Å². The van der Waals surface area contributed by atoms with Gasteiger partial charge >= 0.3 is 12.1 Å². The van der Waals surface area contributed by atoms with Crippen LogP contribution in [0, 0.1) is 11.8 Å². The molecule has 0 aromatic heterocycles. The number of unbranched alkanes of at least 4 members (excludes halogenated alkanes) is 3. The SMILES string of the molecule is CC1CN(C(=O)CCCCCCNC(=O)OCC2c3ccccc3-c3ccccc32)CC1C(=O)O. The molecule has 7 nitrogen and oxygen atoms in total. The number of rotatable bonds is 10. The lowest BCUT2D eigenvalue weighted by atomic mass is 9.98. The fourth-order valence-electron chi connectivity index (χ4n) is 5.24. The van der Waals surface area contributed by atoms with E-state index in [1.165, 1.54) is 22.3 Å². The van der Waals surface area contributed by atoms with Gasteiger partial charge in [-0.15, -0.1) is 0 Å². The summed E-state index contributed by atoms with van der Waals surface area (Å²) in [5.41, 5.74) is 4.80. The number of aliphatic carboxylic acids is 1. The normalized spacial score (nSPS) is 18.7. The molecule has 2 atom stereocenters. The summed E-state index contributed by atoms with van der Waals surface area (Å²) in [4.78, 5) is 37.5. The summed E-state index contributed by atoms with van der Waals surface area (Å²) in [6.45, 7) is 3.57. The van der Waals surface area contributed by atoms with Gasteiger partial charge in [0.15, 0.2) is 0 Å². The van der Waals surface area contributed by atoms with Crippen LogP contribution in [0.15, 0.2) is 48.5 Å². The van der Waals surface area contributed by atoms with E-state index in [0.717, 1.165) is 25.7 Å². The first-order chi connectivity index (χ1) is 17.0. The molecule has 1 heterocycles. The van der Waals surface area contributed by atoms with E-state index in [-0.39, 0.29) is 17.7 Å². The highest BCUT2D eigenvalue weighted by atomic mass is 16.5. The summed E-state index contributed by atoms with van der Waals surface area (Å²) in [6, 6.07) is 16.5. The van der Waals surface area contributed by atoms with E-state index in [9.17, 15) is 19.5 Å². The van der Waals surface area contributed by atoms with E-state index in [4.69, 9.17) is 4.74 Å². The van der Waals surface area contributed by atoms with Gasteiger partial charge in [-0.05, 0) is 41.0 Å². The van der Waals surface area contributed by atoms with Crippen molar-refractivity contribution in [3.05, 3.63) is 59.7 Å². The van der Waals surface area contributed by atoms with Crippen molar-refractivity contribution < 1.29 is 24.2 Å². The minimum absolute atomic E-state index is 0.000404. The quantitative estimate of drug-likeness (QED) is 0.485. The van der Waals surface area contributed by atoms with Crippen LogP contribution in [-0.2, 0) is 14.3 Å². The average molecular weight is 479 g/mol. The molecular weight excluding hydrogens is 444 g/mol. The third-order valence-electron chi connectivity index (χ3n) is 7.21. The number of alkyl carbamates (subject to hydrolysis) is 1. The Kier molecular flexibility index (Phi) is 8.06. The maximum Gasteiger partial charge on any atom is 0.407 e. The first-order valence-corrected chi connectivity index (χ1v) is 12.5. The highest BCUT2D eigenvalue weighted by molar-refractivity contribution is 5.79. The Morgan fingerprint density at radius 2 is 1.57 bits per heavy atom. The van der Waals surface area contributed by atoms with E-state index in [0.29, 0.717) is 32.7 Å². The number of hydrogen-bond donors (Lipinski definition) is 2. The van der Waals surface area contributed by atoms with Gasteiger partial charge in [-0.25, -0.2) is 4.79 Å². The molecule has 2 aromatic carbocycles. The summed E-state index contributed by atoms with van der Waals surface area (Å²) in [7, 11) is 0. The molecule has 1 aliphatic heterocycles. The zero-order chi connectivity index (χ0) is 24.8. The fraction of sp³-hybridized carbons (Fsp3) is 0.464. The lowest BCUT2D eigenvalue weighted by Gasteiger charge is -2.16. The lowest BCUT2D eigenvalue weighted by Crippen LogP contribution is -2.29. The number of carbonyl (C=O) groups is 3. The zero-order valence-electron chi connectivity index (χ0n) is 20.2.